The van der Waals surface area contributed by atoms with Gasteiger partial charge >= 0.3 is 0 Å². The molecular weight excluding hydrogens is 366 g/mol. The third-order valence-corrected chi connectivity index (χ3v) is 5.05. The maximum atomic E-state index is 12.7. The maximum absolute atomic E-state index is 12.7. The van der Waals surface area contributed by atoms with E-state index in [-0.39, 0.29) is 5.56 Å². The van der Waals surface area contributed by atoms with Gasteiger partial charge in [-0.3, -0.25) is 4.79 Å². The number of imidazole rings is 2. The van der Waals surface area contributed by atoms with E-state index in [2.05, 4.69) is 29.8 Å². The fourth-order valence-electron chi connectivity index (χ4n) is 3.56. The number of nitrogen functional groups attached to an aromatic ring is 1. The second-order valence-electron chi connectivity index (χ2n) is 6.97. The van der Waals surface area contributed by atoms with Crippen molar-refractivity contribution in [2.24, 2.45) is 0 Å². The Bertz CT molecular complexity index is 1380. The smallest absolute Gasteiger partial charge is 0.261 e. The highest BCUT2D eigenvalue weighted by atomic mass is 16.1. The summed E-state index contributed by atoms with van der Waals surface area (Å²) in [5.74, 6) is 1.34. The Hall–Kier alpha value is -4.07. The fourth-order valence-corrected chi connectivity index (χ4v) is 3.56. The van der Waals surface area contributed by atoms with Gasteiger partial charge in [0.1, 0.15) is 17.2 Å². The molecule has 29 heavy (non-hydrogen) atoms. The van der Waals surface area contributed by atoms with E-state index in [4.69, 9.17) is 5.73 Å². The molecule has 0 saturated carbocycles. The molecule has 0 spiro atoms. The molecule has 0 unspecified atom stereocenters. The Morgan fingerprint density at radius 3 is 2.79 bits per heavy atom. The van der Waals surface area contributed by atoms with Crippen molar-refractivity contribution in [3.8, 4) is 11.4 Å². The molecule has 0 aliphatic rings. The first kappa shape index (κ1) is 17.1. The van der Waals surface area contributed by atoms with Crippen LogP contribution in [0.4, 0.5) is 11.4 Å². The molecule has 2 aromatic carbocycles. The summed E-state index contributed by atoms with van der Waals surface area (Å²) in [6.45, 7) is 0.650. The lowest BCUT2D eigenvalue weighted by atomic mass is 10.1. The molecule has 0 fully saturated rings. The second-order valence-corrected chi connectivity index (χ2v) is 6.97. The van der Waals surface area contributed by atoms with Crippen LogP contribution in [0.2, 0.25) is 0 Å². The number of hydrogen-bond donors (Lipinski definition) is 4. The van der Waals surface area contributed by atoms with E-state index in [9.17, 15) is 4.79 Å². The molecular formula is C21H19N7O. The molecule has 0 atom stereocenters. The van der Waals surface area contributed by atoms with E-state index in [0.717, 1.165) is 27.9 Å². The lowest BCUT2D eigenvalue weighted by Gasteiger charge is -2.17. The highest BCUT2D eigenvalue weighted by Crippen LogP contribution is 2.29. The monoisotopic (exact) mass is 385 g/mol. The number of anilines is 2. The summed E-state index contributed by atoms with van der Waals surface area (Å²) in [5.41, 5.74) is 10.1. The van der Waals surface area contributed by atoms with Crippen LogP contribution in [0.1, 0.15) is 5.82 Å². The molecule has 3 heterocycles. The van der Waals surface area contributed by atoms with Crippen LogP contribution >= 0.6 is 0 Å². The predicted octanol–water partition coefficient (Wildman–Crippen LogP) is 3.01. The molecule has 0 amide bonds. The molecule has 0 aliphatic heterocycles. The molecule has 8 heteroatoms. The van der Waals surface area contributed by atoms with Crippen LogP contribution < -0.4 is 16.2 Å². The van der Waals surface area contributed by atoms with Gasteiger partial charge in [0.2, 0.25) is 0 Å². The third kappa shape index (κ3) is 2.91. The summed E-state index contributed by atoms with van der Waals surface area (Å²) in [5, 5.41) is 0.793. The van der Waals surface area contributed by atoms with Crippen molar-refractivity contribution in [1.82, 2.24) is 24.9 Å². The Morgan fingerprint density at radius 1 is 1.10 bits per heavy atom. The minimum atomic E-state index is -0.268. The molecule has 0 saturated heterocycles. The van der Waals surface area contributed by atoms with Gasteiger partial charge in [0.15, 0.2) is 0 Å². The van der Waals surface area contributed by atoms with Crippen LogP contribution in [-0.4, -0.2) is 32.0 Å². The van der Waals surface area contributed by atoms with Crippen molar-refractivity contribution in [2.75, 3.05) is 17.7 Å². The summed E-state index contributed by atoms with van der Waals surface area (Å²) < 4.78 is 0. The summed E-state index contributed by atoms with van der Waals surface area (Å²) in [6, 6.07) is 13.4. The average molecular weight is 385 g/mol. The van der Waals surface area contributed by atoms with Crippen LogP contribution in [0.5, 0.6) is 0 Å². The number of H-pyrrole nitrogens is 3. The third-order valence-electron chi connectivity index (χ3n) is 5.05. The average Bonchev–Trinajstić information content (AvgIpc) is 3.36. The molecule has 0 radical (unpaired) electrons. The first-order valence-corrected chi connectivity index (χ1v) is 9.20. The van der Waals surface area contributed by atoms with Gasteiger partial charge < -0.3 is 25.6 Å². The van der Waals surface area contributed by atoms with Crippen molar-refractivity contribution in [2.45, 2.75) is 6.54 Å². The number of nitrogens with two attached hydrogens (primary N) is 1. The van der Waals surface area contributed by atoms with E-state index in [0.29, 0.717) is 29.1 Å². The summed E-state index contributed by atoms with van der Waals surface area (Å²) in [7, 11) is 1.99. The zero-order valence-corrected chi connectivity index (χ0v) is 15.7. The predicted molar refractivity (Wildman–Crippen MR) is 115 cm³/mol. The topological polar surface area (TPSA) is 119 Å². The van der Waals surface area contributed by atoms with Crippen molar-refractivity contribution in [1.29, 1.82) is 0 Å². The van der Waals surface area contributed by atoms with Gasteiger partial charge in [-0.15, -0.1) is 0 Å². The second kappa shape index (κ2) is 6.52. The number of para-hydroxylation sites is 1. The van der Waals surface area contributed by atoms with Crippen LogP contribution in [0.25, 0.3) is 33.3 Å². The van der Waals surface area contributed by atoms with E-state index < -0.39 is 0 Å². The van der Waals surface area contributed by atoms with Crippen molar-refractivity contribution in [3.63, 3.8) is 0 Å². The molecule has 3 aromatic heterocycles. The van der Waals surface area contributed by atoms with Crippen LogP contribution in [0.3, 0.4) is 0 Å². The van der Waals surface area contributed by atoms with Gasteiger partial charge in [-0.2, -0.15) is 0 Å². The minimum absolute atomic E-state index is 0.268. The minimum Gasteiger partial charge on any atom is -0.397 e. The van der Waals surface area contributed by atoms with E-state index in [1.165, 1.54) is 0 Å². The lowest BCUT2D eigenvalue weighted by molar-refractivity contribution is 0.860. The normalized spacial score (nSPS) is 11.3. The Kier molecular flexibility index (Phi) is 3.83. The van der Waals surface area contributed by atoms with Crippen molar-refractivity contribution >= 4 is 33.3 Å². The Morgan fingerprint density at radius 2 is 1.97 bits per heavy atom. The number of aromatic nitrogens is 5. The number of aromatic amines is 3. The SMILES string of the molecule is CN(Cc1ncc[nH]1)c1ccc2nc(-c3c(N)c4ccccc4[nH]c3=O)[nH]c2c1. The molecule has 5 aromatic rings. The molecule has 8 nitrogen and oxygen atoms in total. The van der Waals surface area contributed by atoms with Gasteiger partial charge in [-0.1, -0.05) is 18.2 Å². The number of rotatable bonds is 4. The number of benzene rings is 2. The molecule has 144 valence electrons. The zero-order valence-electron chi connectivity index (χ0n) is 15.7. The first-order chi connectivity index (χ1) is 14.1. The van der Waals surface area contributed by atoms with E-state index in [1.807, 2.05) is 49.5 Å². The quantitative estimate of drug-likeness (QED) is 0.379. The van der Waals surface area contributed by atoms with Crippen molar-refractivity contribution < 1.29 is 0 Å². The van der Waals surface area contributed by atoms with Crippen LogP contribution in [0.15, 0.2) is 59.7 Å². The summed E-state index contributed by atoms with van der Waals surface area (Å²) in [4.78, 5) is 32.8. The number of fused-ring (bicyclic) bond motifs is 2. The summed E-state index contributed by atoms with van der Waals surface area (Å²) >= 11 is 0. The van der Waals surface area contributed by atoms with Gasteiger partial charge in [-0.25, -0.2) is 9.97 Å². The number of nitrogens with one attached hydrogen (secondary N) is 3. The Balaban J connectivity index is 1.57. The molecule has 5 rings (SSSR count). The highest BCUT2D eigenvalue weighted by Gasteiger charge is 2.16. The van der Waals surface area contributed by atoms with Crippen molar-refractivity contribution in [3.05, 3.63) is 71.0 Å². The van der Waals surface area contributed by atoms with E-state index >= 15 is 0 Å². The van der Waals surface area contributed by atoms with Gasteiger partial charge in [0.05, 0.1) is 28.8 Å². The molecule has 0 bridgehead atoms. The van der Waals surface area contributed by atoms with Gasteiger partial charge in [0.25, 0.3) is 5.56 Å². The van der Waals surface area contributed by atoms with E-state index in [1.54, 1.807) is 12.4 Å². The first-order valence-electron chi connectivity index (χ1n) is 9.20. The van der Waals surface area contributed by atoms with Crippen LogP contribution in [-0.2, 0) is 6.54 Å². The van der Waals surface area contributed by atoms with Crippen LogP contribution in [0, 0.1) is 0 Å². The maximum Gasteiger partial charge on any atom is 0.261 e. The molecule has 5 N–H and O–H groups in total. The fraction of sp³-hybridized carbons (Fsp3) is 0.0952. The van der Waals surface area contributed by atoms with Gasteiger partial charge in [0, 0.05) is 30.5 Å². The molecule has 0 aliphatic carbocycles. The van der Waals surface area contributed by atoms with Gasteiger partial charge in [-0.05, 0) is 24.3 Å². The number of pyridine rings is 1. The lowest BCUT2D eigenvalue weighted by Crippen LogP contribution is -2.17. The largest absolute Gasteiger partial charge is 0.397 e. The Labute approximate surface area is 165 Å². The number of hydrogen-bond acceptors (Lipinski definition) is 5. The standard InChI is InChI=1S/C21H19N7O/c1-28(11-17-23-8-9-24-17)12-6-7-15-16(10-12)26-20(25-15)18-19(22)13-4-2-3-5-14(13)27-21(18)29/h2-10H,11H2,1H3,(H,23,24)(H,25,26)(H3,22,27,29). The number of nitrogens with zero attached hydrogens (tertiary/aromatic N) is 3. The zero-order chi connectivity index (χ0) is 20.0. The summed E-state index contributed by atoms with van der Waals surface area (Å²) in [6.07, 6.45) is 3.54. The highest BCUT2D eigenvalue weighted by molar-refractivity contribution is 5.97.